The van der Waals surface area contributed by atoms with Crippen LogP contribution >= 0.6 is 0 Å². The van der Waals surface area contributed by atoms with Crippen molar-refractivity contribution >= 4 is 16.8 Å². The van der Waals surface area contributed by atoms with Gasteiger partial charge in [0.05, 0.1) is 0 Å². The molecule has 3 heteroatoms. The van der Waals surface area contributed by atoms with Gasteiger partial charge in [0.25, 0.3) is 0 Å². The molecule has 1 unspecified atom stereocenters. The van der Waals surface area contributed by atoms with Crippen LogP contribution in [0.15, 0.2) is 34.7 Å². The summed E-state index contributed by atoms with van der Waals surface area (Å²) in [6, 6.07) is 9.33. The number of rotatable bonds is 3. The summed E-state index contributed by atoms with van der Waals surface area (Å²) in [5, 5.41) is 0.949. The maximum absolute atomic E-state index is 11.8. The first-order valence-electron chi connectivity index (χ1n) is 4.95. The Morgan fingerprint density at radius 2 is 2.20 bits per heavy atom. The predicted molar refractivity (Wildman–Crippen MR) is 58.8 cm³/mol. The minimum atomic E-state index is -0.189. The second kappa shape index (κ2) is 3.87. The molecule has 1 aromatic carbocycles. The van der Waals surface area contributed by atoms with E-state index in [1.807, 2.05) is 24.3 Å². The van der Waals surface area contributed by atoms with Gasteiger partial charge in [0, 0.05) is 17.8 Å². The lowest BCUT2D eigenvalue weighted by atomic mass is 10.1. The summed E-state index contributed by atoms with van der Waals surface area (Å²) in [5.74, 6) is 0.174. The van der Waals surface area contributed by atoms with Crippen molar-refractivity contribution in [3.8, 4) is 0 Å². The highest BCUT2D eigenvalue weighted by atomic mass is 16.3. The number of fused-ring (bicyclic) bond motifs is 1. The molecule has 1 heterocycles. The Hall–Kier alpha value is -1.61. The minimum Gasteiger partial charge on any atom is -0.453 e. The van der Waals surface area contributed by atoms with Crippen LogP contribution < -0.4 is 5.73 Å². The highest BCUT2D eigenvalue weighted by molar-refractivity contribution is 5.98. The fourth-order valence-corrected chi connectivity index (χ4v) is 1.45. The second-order valence-electron chi connectivity index (χ2n) is 3.65. The van der Waals surface area contributed by atoms with Crippen LogP contribution in [0.2, 0.25) is 0 Å². The molecular weight excluding hydrogens is 190 g/mol. The average Bonchev–Trinajstić information content (AvgIpc) is 2.70. The standard InChI is InChI=1S/C12H13NO2/c1-8(7-13)12(14)11-6-9-4-2-3-5-10(9)15-11/h2-6,8H,7,13H2,1H3. The third-order valence-electron chi connectivity index (χ3n) is 2.47. The van der Waals surface area contributed by atoms with Gasteiger partial charge in [-0.1, -0.05) is 25.1 Å². The van der Waals surface area contributed by atoms with E-state index < -0.39 is 0 Å². The van der Waals surface area contributed by atoms with Crippen molar-refractivity contribution in [3.05, 3.63) is 36.1 Å². The van der Waals surface area contributed by atoms with E-state index in [0.717, 1.165) is 11.0 Å². The van der Waals surface area contributed by atoms with Crippen molar-refractivity contribution in [1.82, 2.24) is 0 Å². The molecule has 15 heavy (non-hydrogen) atoms. The number of carbonyl (C=O) groups excluding carboxylic acids is 1. The number of hydrogen-bond acceptors (Lipinski definition) is 3. The number of ketones is 1. The Balaban J connectivity index is 2.41. The van der Waals surface area contributed by atoms with Gasteiger partial charge < -0.3 is 10.2 Å². The predicted octanol–water partition coefficient (Wildman–Crippen LogP) is 2.21. The lowest BCUT2D eigenvalue weighted by Gasteiger charge is -2.02. The first-order valence-corrected chi connectivity index (χ1v) is 4.95. The van der Waals surface area contributed by atoms with Crippen LogP contribution in [-0.2, 0) is 0 Å². The molecule has 1 atom stereocenters. The highest BCUT2D eigenvalue weighted by Gasteiger charge is 2.17. The number of hydrogen-bond donors (Lipinski definition) is 1. The highest BCUT2D eigenvalue weighted by Crippen LogP contribution is 2.20. The number of furan rings is 1. The lowest BCUT2D eigenvalue weighted by molar-refractivity contribution is 0.0908. The molecule has 0 saturated carbocycles. The Labute approximate surface area is 87.9 Å². The summed E-state index contributed by atoms with van der Waals surface area (Å²) in [6.45, 7) is 2.14. The molecule has 0 aliphatic rings. The van der Waals surface area contributed by atoms with Gasteiger partial charge in [-0.3, -0.25) is 4.79 Å². The molecule has 0 fully saturated rings. The third-order valence-corrected chi connectivity index (χ3v) is 2.47. The van der Waals surface area contributed by atoms with E-state index >= 15 is 0 Å². The van der Waals surface area contributed by atoms with Gasteiger partial charge in [-0.2, -0.15) is 0 Å². The number of benzene rings is 1. The van der Waals surface area contributed by atoms with Crippen LogP contribution in [0.4, 0.5) is 0 Å². The van der Waals surface area contributed by atoms with Gasteiger partial charge in [-0.25, -0.2) is 0 Å². The van der Waals surface area contributed by atoms with Gasteiger partial charge in [-0.15, -0.1) is 0 Å². The van der Waals surface area contributed by atoms with Crippen molar-refractivity contribution in [2.75, 3.05) is 6.54 Å². The molecule has 1 aromatic heterocycles. The molecule has 3 nitrogen and oxygen atoms in total. The number of carbonyl (C=O) groups is 1. The third kappa shape index (κ3) is 1.78. The molecule has 0 bridgehead atoms. The molecule has 78 valence electrons. The van der Waals surface area contributed by atoms with E-state index in [2.05, 4.69) is 0 Å². The summed E-state index contributed by atoms with van der Waals surface area (Å²) in [6.07, 6.45) is 0. The Bertz CT molecular complexity index is 454. The molecule has 0 aliphatic carbocycles. The molecule has 2 rings (SSSR count). The van der Waals surface area contributed by atoms with E-state index in [1.165, 1.54) is 0 Å². The fraction of sp³-hybridized carbons (Fsp3) is 0.250. The van der Waals surface area contributed by atoms with E-state index in [9.17, 15) is 4.79 Å². The van der Waals surface area contributed by atoms with Crippen LogP contribution in [0.5, 0.6) is 0 Å². The monoisotopic (exact) mass is 203 g/mol. The molecular formula is C12H13NO2. The molecule has 0 spiro atoms. The largest absolute Gasteiger partial charge is 0.453 e. The van der Waals surface area contributed by atoms with Crippen molar-refractivity contribution in [2.45, 2.75) is 6.92 Å². The zero-order valence-electron chi connectivity index (χ0n) is 8.57. The van der Waals surface area contributed by atoms with Crippen LogP contribution in [0.25, 0.3) is 11.0 Å². The van der Waals surface area contributed by atoms with Crippen molar-refractivity contribution in [3.63, 3.8) is 0 Å². The topological polar surface area (TPSA) is 56.2 Å². The summed E-state index contributed by atoms with van der Waals surface area (Å²) in [7, 11) is 0. The minimum absolute atomic E-state index is 0.0336. The summed E-state index contributed by atoms with van der Waals surface area (Å²) < 4.78 is 5.45. The van der Waals surface area contributed by atoms with Crippen molar-refractivity contribution in [1.29, 1.82) is 0 Å². The van der Waals surface area contributed by atoms with Crippen molar-refractivity contribution < 1.29 is 9.21 Å². The summed E-state index contributed by atoms with van der Waals surface area (Å²) >= 11 is 0. The van der Waals surface area contributed by atoms with Gasteiger partial charge in [0.1, 0.15) is 5.58 Å². The van der Waals surface area contributed by atoms with Gasteiger partial charge in [0.2, 0.25) is 5.78 Å². The Kier molecular flexibility index (Phi) is 2.56. The Morgan fingerprint density at radius 1 is 1.47 bits per heavy atom. The molecule has 2 aromatic rings. The molecule has 2 N–H and O–H groups in total. The van der Waals surface area contributed by atoms with Crippen LogP contribution in [-0.4, -0.2) is 12.3 Å². The molecule has 0 amide bonds. The maximum Gasteiger partial charge on any atom is 0.202 e. The van der Waals surface area contributed by atoms with E-state index in [0.29, 0.717) is 12.3 Å². The maximum atomic E-state index is 11.8. The van der Waals surface area contributed by atoms with Crippen LogP contribution in [0.1, 0.15) is 17.5 Å². The molecule has 0 aliphatic heterocycles. The van der Waals surface area contributed by atoms with Gasteiger partial charge in [-0.05, 0) is 12.1 Å². The van der Waals surface area contributed by atoms with Gasteiger partial charge in [0.15, 0.2) is 5.76 Å². The fourth-order valence-electron chi connectivity index (χ4n) is 1.45. The SMILES string of the molecule is CC(CN)C(=O)c1cc2ccccc2o1. The smallest absolute Gasteiger partial charge is 0.202 e. The summed E-state index contributed by atoms with van der Waals surface area (Å²) in [5.41, 5.74) is 6.18. The van der Waals surface area contributed by atoms with Crippen LogP contribution in [0.3, 0.4) is 0 Å². The molecule has 0 radical (unpaired) electrons. The Morgan fingerprint density at radius 3 is 2.87 bits per heavy atom. The first kappa shape index (κ1) is 9.93. The molecule has 0 saturated heterocycles. The van der Waals surface area contributed by atoms with Gasteiger partial charge >= 0.3 is 0 Å². The zero-order chi connectivity index (χ0) is 10.8. The lowest BCUT2D eigenvalue weighted by Crippen LogP contribution is -2.20. The quantitative estimate of drug-likeness (QED) is 0.778. The zero-order valence-corrected chi connectivity index (χ0v) is 8.57. The number of para-hydroxylation sites is 1. The second-order valence-corrected chi connectivity index (χ2v) is 3.65. The van der Waals surface area contributed by atoms with Crippen molar-refractivity contribution in [2.24, 2.45) is 11.7 Å². The average molecular weight is 203 g/mol. The van der Waals surface area contributed by atoms with E-state index in [4.69, 9.17) is 10.2 Å². The first-order chi connectivity index (χ1) is 7.22. The number of nitrogens with two attached hydrogens (primary N) is 1. The number of Topliss-reactive ketones (excluding diaryl/α,β-unsaturated/α-hetero) is 1. The van der Waals surface area contributed by atoms with E-state index in [1.54, 1.807) is 13.0 Å². The van der Waals surface area contributed by atoms with Crippen LogP contribution in [0, 0.1) is 5.92 Å². The van der Waals surface area contributed by atoms with E-state index in [-0.39, 0.29) is 11.7 Å². The summed E-state index contributed by atoms with van der Waals surface area (Å²) in [4.78, 5) is 11.8. The normalized spacial score (nSPS) is 12.9.